The minimum absolute atomic E-state index is 0.187. The summed E-state index contributed by atoms with van der Waals surface area (Å²) in [5.41, 5.74) is 2.39. The van der Waals surface area contributed by atoms with Crippen LogP contribution in [-0.4, -0.2) is 61.0 Å². The lowest BCUT2D eigenvalue weighted by atomic mass is 9.92. The Balaban J connectivity index is 1.35. The van der Waals surface area contributed by atoms with Gasteiger partial charge in [0.05, 0.1) is 25.3 Å². The van der Waals surface area contributed by atoms with Crippen molar-refractivity contribution in [1.82, 2.24) is 15.2 Å². The second kappa shape index (κ2) is 8.88. The monoisotopic (exact) mass is 383 g/mol. The lowest BCUT2D eigenvalue weighted by Gasteiger charge is -2.34. The van der Waals surface area contributed by atoms with Gasteiger partial charge < -0.3 is 19.7 Å². The summed E-state index contributed by atoms with van der Waals surface area (Å²) >= 11 is 0. The smallest absolute Gasteiger partial charge is 0.409 e. The molecule has 2 atom stereocenters. The third-order valence-electron chi connectivity index (χ3n) is 5.89. The van der Waals surface area contributed by atoms with Crippen LogP contribution in [0.1, 0.15) is 25.3 Å². The average molecular weight is 383 g/mol. The van der Waals surface area contributed by atoms with E-state index < -0.39 is 0 Å². The Bertz CT molecular complexity index is 799. The first-order valence-corrected chi connectivity index (χ1v) is 10.3. The van der Waals surface area contributed by atoms with Gasteiger partial charge in [0.15, 0.2) is 0 Å². The molecule has 2 saturated heterocycles. The molecule has 6 nitrogen and oxygen atoms in total. The minimum Gasteiger partial charge on any atom is -0.450 e. The summed E-state index contributed by atoms with van der Waals surface area (Å²) in [6, 6.07) is 11.2. The van der Waals surface area contributed by atoms with E-state index in [9.17, 15) is 4.79 Å². The van der Waals surface area contributed by atoms with Crippen molar-refractivity contribution in [3.63, 3.8) is 0 Å². The Kier molecular flexibility index (Phi) is 6.07. The van der Waals surface area contributed by atoms with Crippen LogP contribution in [0, 0.1) is 5.92 Å². The maximum absolute atomic E-state index is 11.9. The van der Waals surface area contributed by atoms with Crippen molar-refractivity contribution in [3.8, 4) is 0 Å². The van der Waals surface area contributed by atoms with E-state index in [1.807, 2.05) is 24.1 Å². The molecular weight excluding hydrogens is 354 g/mol. The Morgan fingerprint density at radius 2 is 2.07 bits per heavy atom. The number of fused-ring (bicyclic) bond motifs is 1. The number of pyridine rings is 1. The third-order valence-corrected chi connectivity index (χ3v) is 5.89. The molecule has 0 bridgehead atoms. The molecule has 2 fully saturated rings. The molecule has 28 heavy (non-hydrogen) atoms. The largest absolute Gasteiger partial charge is 0.450 e. The number of benzene rings is 1. The number of carbonyl (C=O) groups is 1. The molecule has 1 amide bonds. The first-order valence-electron chi connectivity index (χ1n) is 10.3. The van der Waals surface area contributed by atoms with E-state index in [4.69, 9.17) is 9.47 Å². The summed E-state index contributed by atoms with van der Waals surface area (Å²) in [4.78, 5) is 18.2. The fourth-order valence-corrected chi connectivity index (χ4v) is 4.35. The van der Waals surface area contributed by atoms with Gasteiger partial charge in [0, 0.05) is 42.7 Å². The van der Waals surface area contributed by atoms with E-state index in [0.717, 1.165) is 51.1 Å². The molecule has 0 spiro atoms. The Hall–Kier alpha value is -2.18. The van der Waals surface area contributed by atoms with Gasteiger partial charge in [0.1, 0.15) is 0 Å². The Labute approximate surface area is 166 Å². The molecule has 2 aromatic rings. The summed E-state index contributed by atoms with van der Waals surface area (Å²) in [5, 5.41) is 5.04. The first-order chi connectivity index (χ1) is 13.7. The standard InChI is InChI=1S/C22H29N3O3/c1-2-28-22(26)25-11-8-18(9-12-25)24-21-15-27-14-17(21)13-16-7-10-23-20-6-4-3-5-19(16)20/h3-7,10,17-18,21,24H,2,8-9,11-15H2,1H3/t17-,21+/m1/s1. The fraction of sp³-hybridized carbons (Fsp3) is 0.545. The normalized spacial score (nSPS) is 23.2. The molecule has 150 valence electrons. The highest BCUT2D eigenvalue weighted by molar-refractivity contribution is 5.81. The van der Waals surface area contributed by atoms with E-state index in [1.54, 1.807) is 0 Å². The molecule has 0 aliphatic carbocycles. The summed E-state index contributed by atoms with van der Waals surface area (Å²) in [6.07, 6.45) is 4.62. The van der Waals surface area contributed by atoms with Crippen LogP contribution < -0.4 is 5.32 Å². The number of amides is 1. The number of nitrogens with one attached hydrogen (secondary N) is 1. The van der Waals surface area contributed by atoms with E-state index in [1.165, 1.54) is 10.9 Å². The van der Waals surface area contributed by atoms with Crippen LogP contribution >= 0.6 is 0 Å². The van der Waals surface area contributed by atoms with Crippen molar-refractivity contribution in [3.05, 3.63) is 42.1 Å². The zero-order valence-corrected chi connectivity index (χ0v) is 16.5. The van der Waals surface area contributed by atoms with Gasteiger partial charge in [0.2, 0.25) is 0 Å². The number of aromatic nitrogens is 1. The number of nitrogens with zero attached hydrogens (tertiary/aromatic N) is 2. The van der Waals surface area contributed by atoms with Gasteiger partial charge in [0.25, 0.3) is 0 Å². The molecule has 0 saturated carbocycles. The molecule has 6 heteroatoms. The summed E-state index contributed by atoms with van der Waals surface area (Å²) in [6.45, 7) is 5.33. The summed E-state index contributed by atoms with van der Waals surface area (Å²) in [5.74, 6) is 0.453. The van der Waals surface area contributed by atoms with Crippen molar-refractivity contribution in [2.45, 2.75) is 38.3 Å². The molecule has 1 N–H and O–H groups in total. The predicted octanol–water partition coefficient (Wildman–Crippen LogP) is 3.00. The summed E-state index contributed by atoms with van der Waals surface area (Å²) in [7, 11) is 0. The number of hydrogen-bond acceptors (Lipinski definition) is 5. The van der Waals surface area contributed by atoms with Crippen molar-refractivity contribution in [2.75, 3.05) is 32.9 Å². The molecule has 4 rings (SSSR count). The van der Waals surface area contributed by atoms with Gasteiger partial charge in [-0.1, -0.05) is 18.2 Å². The van der Waals surface area contributed by atoms with Gasteiger partial charge in [-0.05, 0) is 43.9 Å². The number of hydrogen-bond donors (Lipinski definition) is 1. The third kappa shape index (κ3) is 4.28. The van der Waals surface area contributed by atoms with Gasteiger partial charge in [-0.2, -0.15) is 0 Å². The van der Waals surface area contributed by atoms with Crippen molar-refractivity contribution in [1.29, 1.82) is 0 Å². The van der Waals surface area contributed by atoms with E-state index in [2.05, 4.69) is 34.6 Å². The lowest BCUT2D eigenvalue weighted by molar-refractivity contribution is 0.0934. The second-order valence-electron chi connectivity index (χ2n) is 7.72. The number of piperidine rings is 1. The molecule has 2 aliphatic rings. The van der Waals surface area contributed by atoms with E-state index in [0.29, 0.717) is 24.6 Å². The van der Waals surface area contributed by atoms with Gasteiger partial charge in [-0.15, -0.1) is 0 Å². The van der Waals surface area contributed by atoms with Crippen molar-refractivity contribution < 1.29 is 14.3 Å². The number of ether oxygens (including phenoxy) is 2. The Morgan fingerprint density at radius 3 is 2.89 bits per heavy atom. The molecule has 3 heterocycles. The molecule has 2 aliphatic heterocycles. The number of para-hydroxylation sites is 1. The van der Waals surface area contributed by atoms with Crippen LogP contribution in [0.25, 0.3) is 10.9 Å². The highest BCUT2D eigenvalue weighted by Gasteiger charge is 2.32. The zero-order chi connectivity index (χ0) is 19.3. The predicted molar refractivity (Wildman–Crippen MR) is 108 cm³/mol. The SMILES string of the molecule is CCOC(=O)N1CCC(N[C@H]2COC[C@H]2Cc2ccnc3ccccc23)CC1. The fourth-order valence-electron chi connectivity index (χ4n) is 4.35. The highest BCUT2D eigenvalue weighted by atomic mass is 16.6. The van der Waals surface area contributed by atoms with Gasteiger partial charge >= 0.3 is 6.09 Å². The van der Waals surface area contributed by atoms with Crippen LogP contribution in [-0.2, 0) is 15.9 Å². The van der Waals surface area contributed by atoms with Crippen LogP contribution in [0.15, 0.2) is 36.5 Å². The van der Waals surface area contributed by atoms with Crippen LogP contribution in [0.4, 0.5) is 4.79 Å². The number of carbonyl (C=O) groups excluding carboxylic acids is 1. The minimum atomic E-state index is -0.187. The van der Waals surface area contributed by atoms with E-state index >= 15 is 0 Å². The van der Waals surface area contributed by atoms with Crippen LogP contribution in [0.2, 0.25) is 0 Å². The van der Waals surface area contributed by atoms with Crippen LogP contribution in [0.5, 0.6) is 0 Å². The lowest BCUT2D eigenvalue weighted by Crippen LogP contribution is -2.49. The van der Waals surface area contributed by atoms with E-state index in [-0.39, 0.29) is 6.09 Å². The van der Waals surface area contributed by atoms with Crippen molar-refractivity contribution >= 4 is 17.0 Å². The second-order valence-corrected chi connectivity index (χ2v) is 7.72. The molecular formula is C22H29N3O3. The Morgan fingerprint density at radius 1 is 1.25 bits per heavy atom. The molecule has 1 aromatic carbocycles. The first kappa shape index (κ1) is 19.2. The molecule has 1 aromatic heterocycles. The van der Waals surface area contributed by atoms with Crippen molar-refractivity contribution in [2.24, 2.45) is 5.92 Å². The maximum atomic E-state index is 11.9. The zero-order valence-electron chi connectivity index (χ0n) is 16.5. The molecule has 0 unspecified atom stereocenters. The number of likely N-dealkylation sites (tertiary alicyclic amines) is 1. The maximum Gasteiger partial charge on any atom is 0.409 e. The van der Waals surface area contributed by atoms with Gasteiger partial charge in [-0.3, -0.25) is 4.98 Å². The van der Waals surface area contributed by atoms with Gasteiger partial charge in [-0.25, -0.2) is 4.79 Å². The molecule has 0 radical (unpaired) electrons. The topological polar surface area (TPSA) is 63.7 Å². The highest BCUT2D eigenvalue weighted by Crippen LogP contribution is 2.25. The van der Waals surface area contributed by atoms with Crippen LogP contribution in [0.3, 0.4) is 0 Å². The quantitative estimate of drug-likeness (QED) is 0.860. The summed E-state index contributed by atoms with van der Waals surface area (Å²) < 4.78 is 10.9. The number of rotatable bonds is 5. The average Bonchev–Trinajstić information content (AvgIpc) is 3.15.